The van der Waals surface area contributed by atoms with Crippen molar-refractivity contribution in [2.45, 2.75) is 13.3 Å². The van der Waals surface area contributed by atoms with Crippen molar-refractivity contribution >= 4 is 16.8 Å². The lowest BCUT2D eigenvalue weighted by Gasteiger charge is -2.04. The third-order valence-electron chi connectivity index (χ3n) is 4.48. The fraction of sp³-hybridized carbons (Fsp3) is 0.143. The van der Waals surface area contributed by atoms with E-state index in [0.29, 0.717) is 12.2 Å². The number of amides is 1. The molecule has 0 saturated heterocycles. The molecule has 1 amide bonds. The lowest BCUT2D eigenvalue weighted by molar-refractivity contribution is 0.0948. The summed E-state index contributed by atoms with van der Waals surface area (Å²) in [6.07, 6.45) is 2.78. The van der Waals surface area contributed by atoms with Crippen LogP contribution in [0.5, 0.6) is 0 Å². The lowest BCUT2D eigenvalue weighted by atomic mass is 10.1. The van der Waals surface area contributed by atoms with Crippen LogP contribution >= 0.6 is 0 Å². The second-order valence-electron chi connectivity index (χ2n) is 6.28. The monoisotopic (exact) mass is 344 g/mol. The van der Waals surface area contributed by atoms with Crippen molar-refractivity contribution in [3.05, 3.63) is 83.8 Å². The summed E-state index contributed by atoms with van der Waals surface area (Å²) in [5, 5.41) is 8.61. The number of carbonyl (C=O) groups is 1. The van der Waals surface area contributed by atoms with Gasteiger partial charge < -0.3 is 10.3 Å². The first-order valence-electron chi connectivity index (χ1n) is 8.67. The molecular weight excluding hydrogens is 324 g/mol. The summed E-state index contributed by atoms with van der Waals surface area (Å²) >= 11 is 0. The normalized spacial score (nSPS) is 11.0. The summed E-state index contributed by atoms with van der Waals surface area (Å²) in [5.41, 5.74) is 4.63. The van der Waals surface area contributed by atoms with E-state index < -0.39 is 0 Å². The molecule has 0 saturated carbocycles. The van der Waals surface area contributed by atoms with Crippen LogP contribution in [0.2, 0.25) is 0 Å². The Kier molecular flexibility index (Phi) is 4.27. The predicted molar refractivity (Wildman–Crippen MR) is 103 cm³/mol. The Morgan fingerprint density at radius 2 is 1.88 bits per heavy atom. The van der Waals surface area contributed by atoms with E-state index in [1.54, 1.807) is 4.68 Å². The number of carbonyl (C=O) groups excluding carboxylic acids is 1. The molecule has 0 aliphatic carbocycles. The summed E-state index contributed by atoms with van der Waals surface area (Å²) in [6.45, 7) is 2.51. The van der Waals surface area contributed by atoms with Crippen molar-refractivity contribution in [2.75, 3.05) is 6.54 Å². The number of aromatic amines is 1. The highest BCUT2D eigenvalue weighted by Gasteiger charge is 2.13. The molecule has 0 fully saturated rings. The highest BCUT2D eigenvalue weighted by Crippen LogP contribution is 2.17. The van der Waals surface area contributed by atoms with E-state index in [2.05, 4.69) is 27.5 Å². The summed E-state index contributed by atoms with van der Waals surface area (Å²) in [6, 6.07) is 19.8. The maximum absolute atomic E-state index is 12.4. The van der Waals surface area contributed by atoms with Crippen LogP contribution < -0.4 is 5.32 Å². The SMILES string of the molecule is Cc1cc(C(=O)NCCc2c[nH]c3ccccc23)nn1-c1ccccc1. The van der Waals surface area contributed by atoms with Crippen molar-refractivity contribution in [1.82, 2.24) is 20.1 Å². The predicted octanol–water partition coefficient (Wildman–Crippen LogP) is 3.63. The number of hydrogen-bond acceptors (Lipinski definition) is 2. The minimum absolute atomic E-state index is 0.150. The zero-order chi connectivity index (χ0) is 17.9. The smallest absolute Gasteiger partial charge is 0.271 e. The molecule has 2 aromatic carbocycles. The Balaban J connectivity index is 1.42. The number of fused-ring (bicyclic) bond motifs is 1. The van der Waals surface area contributed by atoms with E-state index in [-0.39, 0.29) is 5.91 Å². The summed E-state index contributed by atoms with van der Waals surface area (Å²) in [4.78, 5) is 15.7. The minimum Gasteiger partial charge on any atom is -0.361 e. The van der Waals surface area contributed by atoms with Gasteiger partial charge in [0.05, 0.1) is 5.69 Å². The average molecular weight is 344 g/mol. The summed E-state index contributed by atoms with van der Waals surface area (Å²) in [5.74, 6) is -0.150. The van der Waals surface area contributed by atoms with Crippen LogP contribution in [-0.2, 0) is 6.42 Å². The molecule has 0 aliphatic rings. The van der Waals surface area contributed by atoms with Gasteiger partial charge in [0, 0.05) is 29.3 Å². The molecule has 0 spiro atoms. The van der Waals surface area contributed by atoms with Crippen molar-refractivity contribution in [3.8, 4) is 5.69 Å². The number of nitrogens with zero attached hydrogens (tertiary/aromatic N) is 2. The maximum Gasteiger partial charge on any atom is 0.271 e. The highest BCUT2D eigenvalue weighted by molar-refractivity contribution is 5.92. The van der Waals surface area contributed by atoms with Gasteiger partial charge in [-0.1, -0.05) is 36.4 Å². The molecule has 5 heteroatoms. The van der Waals surface area contributed by atoms with Crippen LogP contribution in [0.25, 0.3) is 16.6 Å². The zero-order valence-electron chi connectivity index (χ0n) is 14.6. The second-order valence-corrected chi connectivity index (χ2v) is 6.28. The van der Waals surface area contributed by atoms with Gasteiger partial charge >= 0.3 is 0 Å². The van der Waals surface area contributed by atoms with Crippen molar-refractivity contribution in [2.24, 2.45) is 0 Å². The van der Waals surface area contributed by atoms with E-state index in [9.17, 15) is 4.79 Å². The number of hydrogen-bond donors (Lipinski definition) is 2. The van der Waals surface area contributed by atoms with Crippen molar-refractivity contribution < 1.29 is 4.79 Å². The number of para-hydroxylation sites is 2. The van der Waals surface area contributed by atoms with Gasteiger partial charge in [-0.3, -0.25) is 4.79 Å². The van der Waals surface area contributed by atoms with Crippen LogP contribution in [-0.4, -0.2) is 27.2 Å². The number of aromatic nitrogens is 3. The van der Waals surface area contributed by atoms with Gasteiger partial charge in [-0.05, 0) is 43.2 Å². The molecule has 0 atom stereocenters. The highest BCUT2D eigenvalue weighted by atomic mass is 16.1. The Hall–Kier alpha value is -3.34. The molecule has 2 N–H and O–H groups in total. The third kappa shape index (κ3) is 3.11. The van der Waals surface area contributed by atoms with Crippen LogP contribution in [0.4, 0.5) is 0 Å². The molecule has 4 aromatic rings. The number of aryl methyl sites for hydroxylation is 1. The molecule has 26 heavy (non-hydrogen) atoms. The van der Waals surface area contributed by atoms with E-state index in [1.165, 1.54) is 10.9 Å². The first-order chi connectivity index (χ1) is 12.7. The molecule has 2 heterocycles. The maximum atomic E-state index is 12.4. The largest absolute Gasteiger partial charge is 0.361 e. The third-order valence-corrected chi connectivity index (χ3v) is 4.48. The molecule has 0 radical (unpaired) electrons. The van der Waals surface area contributed by atoms with Crippen LogP contribution in [0, 0.1) is 6.92 Å². The van der Waals surface area contributed by atoms with E-state index in [0.717, 1.165) is 23.3 Å². The summed E-state index contributed by atoms with van der Waals surface area (Å²) in [7, 11) is 0. The first-order valence-corrected chi connectivity index (χ1v) is 8.67. The zero-order valence-corrected chi connectivity index (χ0v) is 14.6. The Bertz CT molecular complexity index is 1050. The van der Waals surface area contributed by atoms with Crippen molar-refractivity contribution in [3.63, 3.8) is 0 Å². The fourth-order valence-corrected chi connectivity index (χ4v) is 3.16. The Morgan fingerprint density at radius 3 is 2.73 bits per heavy atom. The van der Waals surface area contributed by atoms with Gasteiger partial charge in [0.25, 0.3) is 5.91 Å². The quantitative estimate of drug-likeness (QED) is 0.581. The van der Waals surface area contributed by atoms with E-state index in [4.69, 9.17) is 0 Å². The summed E-state index contributed by atoms with van der Waals surface area (Å²) < 4.78 is 1.79. The lowest BCUT2D eigenvalue weighted by Crippen LogP contribution is -2.26. The molecule has 130 valence electrons. The average Bonchev–Trinajstić information content (AvgIpc) is 3.26. The number of H-pyrrole nitrogens is 1. The van der Waals surface area contributed by atoms with E-state index in [1.807, 2.05) is 61.7 Å². The number of benzene rings is 2. The van der Waals surface area contributed by atoms with Crippen LogP contribution in [0.3, 0.4) is 0 Å². The molecule has 5 nitrogen and oxygen atoms in total. The molecule has 0 bridgehead atoms. The fourth-order valence-electron chi connectivity index (χ4n) is 3.16. The Labute approximate surface area is 151 Å². The van der Waals surface area contributed by atoms with Gasteiger partial charge in [-0.15, -0.1) is 0 Å². The molecule has 0 aliphatic heterocycles. The van der Waals surface area contributed by atoms with E-state index >= 15 is 0 Å². The van der Waals surface area contributed by atoms with Crippen molar-refractivity contribution in [1.29, 1.82) is 0 Å². The van der Waals surface area contributed by atoms with Gasteiger partial charge in [0.1, 0.15) is 0 Å². The minimum atomic E-state index is -0.150. The molecule has 2 aromatic heterocycles. The second kappa shape index (κ2) is 6.88. The molecular formula is C21H20N4O. The Morgan fingerprint density at radius 1 is 1.12 bits per heavy atom. The molecule has 4 rings (SSSR count). The van der Waals surface area contributed by atoms with Gasteiger partial charge in [0.2, 0.25) is 0 Å². The van der Waals surface area contributed by atoms with Gasteiger partial charge in [-0.2, -0.15) is 5.10 Å². The van der Waals surface area contributed by atoms with Gasteiger partial charge in [-0.25, -0.2) is 4.68 Å². The standard InChI is InChI=1S/C21H20N4O/c1-15-13-20(24-25(15)17-7-3-2-4-8-17)21(26)22-12-11-16-14-23-19-10-6-5-9-18(16)19/h2-10,13-14,23H,11-12H2,1H3,(H,22,26). The van der Waals surface area contributed by atoms with Gasteiger partial charge in [0.15, 0.2) is 5.69 Å². The first kappa shape index (κ1) is 16.1. The van der Waals surface area contributed by atoms with Crippen LogP contribution in [0.15, 0.2) is 66.9 Å². The number of nitrogens with one attached hydrogen (secondary N) is 2. The number of rotatable bonds is 5. The molecule has 0 unspecified atom stereocenters. The van der Waals surface area contributed by atoms with Crippen LogP contribution in [0.1, 0.15) is 21.7 Å². The topological polar surface area (TPSA) is 62.7 Å².